The molecule has 0 saturated heterocycles. The van der Waals surface area contributed by atoms with Crippen molar-refractivity contribution in [1.82, 2.24) is 4.98 Å². The zero-order valence-electron chi connectivity index (χ0n) is 66.6. The second kappa shape index (κ2) is 37.6. The van der Waals surface area contributed by atoms with Crippen molar-refractivity contribution in [2.45, 2.75) is 40.8 Å². The minimum atomic E-state index is -6.10. The Morgan fingerprint density at radius 3 is 0.489 bits per heavy atom. The maximum absolute atomic E-state index is 15.0. The third-order valence-electron chi connectivity index (χ3n) is 20.2. The highest BCUT2D eigenvalue weighted by Gasteiger charge is 2.52. The molecule has 1 heterocycles. The average Bonchev–Trinajstić information content (AvgIpc) is 1.55. The third kappa shape index (κ3) is 16.0. The Hall–Kier alpha value is -17.8. The summed E-state index contributed by atoms with van der Waals surface area (Å²) in [6.45, 7) is 24.9. The number of aromatic nitrogens is 1. The van der Waals surface area contributed by atoms with Crippen molar-refractivity contribution in [2.24, 2.45) is 0 Å². The highest BCUT2D eigenvalue weighted by atomic mass is 19.4. The Kier molecular flexibility index (Phi) is 27.9. The smallest absolute Gasteiger partial charge is 0.237 e. The number of pyridine rings is 1. The number of nitriles is 8. The Morgan fingerprint density at radius 1 is 0.209 bits per heavy atom. The predicted molar refractivity (Wildman–Crippen MR) is 388 cm³/mol. The third-order valence-corrected chi connectivity index (χ3v) is 20.2. The van der Waals surface area contributed by atoms with E-state index >= 15 is 17.6 Å². The molecule has 139 heavy (non-hydrogen) atoms. The number of allylic oxidation sites excluding steroid dienone is 15. The van der Waals surface area contributed by atoms with E-state index in [4.69, 9.17) is 30.2 Å². The SMILES string of the molecule is [C-]#[N+]C(=C1C(=C(C#N)c2c(F)c(F)c(C)c(F)c2F)C1=C(C#N)c1c(F)c(F)c(C)c(F)c1F)c1c(F)c(F)c(C#N)c(F)c1F.[C-]#[N+]C(=C1C(=C(C#N)c2c(F)c(F)c(C)c(F)c2F)C1=C(C#N)c1c(F)c(F)c(C)c(F)c1F)c1c(F)c(F)c(C(F)(F)F)c(F)c1F.[C-]#[N+]C(=C1C(=C(C#N)c2c(F)c(F)nc(F)c2F)C1=C(C#N)c1c(F)c(F)c(C)c(F)c1F)c1c(F)c(F)c(C#N)c(F)c1F. The summed E-state index contributed by atoms with van der Waals surface area (Å²) >= 11 is 0. The zero-order valence-corrected chi connectivity index (χ0v) is 66.6. The molecule has 1 aromatic heterocycles. The van der Waals surface area contributed by atoms with Crippen LogP contribution in [0.15, 0.2) is 50.2 Å². The molecule has 3 aliphatic rings. The van der Waals surface area contributed by atoms with Gasteiger partial charge in [-0.2, -0.15) is 69.0 Å². The van der Waals surface area contributed by atoms with Gasteiger partial charge in [0.05, 0.1) is 103 Å². The van der Waals surface area contributed by atoms with E-state index in [1.165, 1.54) is 0 Å². The van der Waals surface area contributed by atoms with Gasteiger partial charge < -0.3 is 0 Å². The molecule has 0 bridgehead atoms. The quantitative estimate of drug-likeness (QED) is 0.0441. The largest absolute Gasteiger partial charge is 0.422 e. The molecule has 8 aromatic carbocycles. The summed E-state index contributed by atoms with van der Waals surface area (Å²) < 4.78 is 568. The zero-order chi connectivity index (χ0) is 105. The van der Waals surface area contributed by atoms with Crippen LogP contribution in [-0.4, -0.2) is 4.98 Å². The Morgan fingerprint density at radius 2 is 0.353 bits per heavy atom. The lowest BCUT2D eigenvalue weighted by Crippen LogP contribution is -2.16. The first-order chi connectivity index (χ1) is 64.9. The van der Waals surface area contributed by atoms with E-state index in [2.05, 4.69) is 19.5 Å². The molecular formula is C88H15F39N12. The normalized spacial score (nSPS) is 14.8. The fraction of sp³-hybridized carbons (Fsp3) is 0.0682. The number of rotatable bonds is 9. The molecule has 3 aliphatic carbocycles. The van der Waals surface area contributed by atoms with Crippen molar-refractivity contribution in [3.63, 3.8) is 0 Å². The molecule has 0 aliphatic heterocycles. The minimum absolute atomic E-state index is 0.518. The van der Waals surface area contributed by atoms with Gasteiger partial charge in [-0.15, -0.1) is 0 Å². The monoisotopic (exact) mass is 1980 g/mol. The van der Waals surface area contributed by atoms with Crippen molar-refractivity contribution >= 4 is 50.5 Å². The molecule has 9 aromatic rings. The number of nitrogens with zero attached hydrogens (tertiary/aromatic N) is 12. The van der Waals surface area contributed by atoms with Crippen LogP contribution in [0.25, 0.3) is 65.1 Å². The van der Waals surface area contributed by atoms with Gasteiger partial charge in [-0.25, -0.2) is 164 Å². The molecule has 0 amide bonds. The molecule has 3 fully saturated rings. The molecule has 0 N–H and O–H groups in total. The highest BCUT2D eigenvalue weighted by Crippen LogP contribution is 2.62. The van der Waals surface area contributed by atoms with Gasteiger partial charge in [0.25, 0.3) is 11.9 Å². The Balaban J connectivity index is 0.000000215. The molecule has 12 nitrogen and oxygen atoms in total. The fourth-order valence-corrected chi connectivity index (χ4v) is 13.4. The Labute approximate surface area is 744 Å². The topological polar surface area (TPSA) is 216 Å². The molecule has 51 heteroatoms. The van der Waals surface area contributed by atoms with Gasteiger partial charge in [0, 0.05) is 27.8 Å². The molecule has 0 unspecified atom stereocenters. The average molecular weight is 1980 g/mol. The van der Waals surface area contributed by atoms with Crippen LogP contribution in [0.3, 0.4) is 0 Å². The van der Waals surface area contributed by atoms with E-state index in [-0.39, 0.29) is 0 Å². The second-order valence-electron chi connectivity index (χ2n) is 27.4. The summed E-state index contributed by atoms with van der Waals surface area (Å²) in [5, 5.41) is 76.3. The summed E-state index contributed by atoms with van der Waals surface area (Å²) in [5.74, 6) is -85.6. The van der Waals surface area contributed by atoms with Crippen LogP contribution in [-0.2, 0) is 6.18 Å². The van der Waals surface area contributed by atoms with E-state index in [9.17, 15) is 185 Å². The molecule has 0 atom stereocenters. The van der Waals surface area contributed by atoms with Gasteiger partial charge in [-0.3, -0.25) is 0 Å². The van der Waals surface area contributed by atoms with E-state index in [0.717, 1.165) is 48.6 Å². The van der Waals surface area contributed by atoms with Gasteiger partial charge in [0.15, 0.2) is 198 Å². The van der Waals surface area contributed by atoms with Crippen LogP contribution >= 0.6 is 0 Å². The van der Waals surface area contributed by atoms with E-state index in [0.29, 0.717) is 34.6 Å². The lowest BCUT2D eigenvalue weighted by atomic mass is 9.99. The van der Waals surface area contributed by atoms with Crippen LogP contribution in [0.5, 0.6) is 0 Å². The second-order valence-corrected chi connectivity index (χ2v) is 27.4. The van der Waals surface area contributed by atoms with E-state index in [1.54, 1.807) is 0 Å². The maximum Gasteiger partial charge on any atom is 0.422 e. The van der Waals surface area contributed by atoms with Crippen molar-refractivity contribution in [3.05, 3.63) is 389 Å². The van der Waals surface area contributed by atoms with E-state index in [1.807, 2.05) is 0 Å². The predicted octanol–water partition coefficient (Wildman–Crippen LogP) is 25.6. The van der Waals surface area contributed by atoms with Gasteiger partial charge in [-0.05, 0) is 84.8 Å². The van der Waals surface area contributed by atoms with Gasteiger partial charge >= 0.3 is 6.18 Å². The van der Waals surface area contributed by atoms with Gasteiger partial charge in [0.1, 0.15) is 65.2 Å². The van der Waals surface area contributed by atoms with Crippen molar-refractivity contribution in [2.75, 3.05) is 0 Å². The molecule has 700 valence electrons. The van der Waals surface area contributed by atoms with Crippen LogP contribution in [0.1, 0.15) is 94.6 Å². The number of hydrogen-bond donors (Lipinski definition) is 0. The lowest BCUT2D eigenvalue weighted by Gasteiger charge is -2.13. The summed E-state index contributed by atoms with van der Waals surface area (Å²) in [5.41, 5.74) is -58.6. The standard InChI is InChI=1S/C30H6F15N3.C30H6F12N4.C28H3F12N5/c1-6-17(31)21(35)12(22(36)18(6)32)8(4-46)10-11(9(5-47)13-23(37)19(33)7(2)20(34)24(13)38)14(10)29(48-3)15-25(39)27(41)16(30(43,44)45)28(42)26(15)40;1-7-18(31)24(37)14(25(38)19(7)32)9(4-43)12-13(10(5-44)15-26(39)20(33)8(2)21(34)27(15)40)16(12)30(46-3)17-28(41)22(35)11(6-45)23(36)29(17)42;1-6-16(29)20(33)12(21(34)17(6)30)7(3-41)10-11(8(4-42)13-24(37)27(39)45-28(40)25(13)38)14(10)26(44-2)15-22(35)18(31)9(5-43)19(32)23(15)36/h1-2H3;1-2H3;1H3. The maximum atomic E-state index is 15.0. The summed E-state index contributed by atoms with van der Waals surface area (Å²) in [7, 11) is 0. The summed E-state index contributed by atoms with van der Waals surface area (Å²) in [4.78, 5) is 10.0. The first kappa shape index (κ1) is 103. The first-order valence-corrected chi connectivity index (χ1v) is 35.4. The highest BCUT2D eigenvalue weighted by molar-refractivity contribution is 6.14. The van der Waals surface area contributed by atoms with Crippen LogP contribution in [0.4, 0.5) is 171 Å². The van der Waals surface area contributed by atoms with Gasteiger partial charge in [0.2, 0.25) is 17.1 Å². The molecule has 3 saturated carbocycles. The minimum Gasteiger partial charge on any atom is -0.237 e. The number of hydrogen-bond acceptors (Lipinski definition) is 9. The van der Waals surface area contributed by atoms with Crippen LogP contribution in [0, 0.1) is 355 Å². The number of benzene rings is 8. The summed E-state index contributed by atoms with van der Waals surface area (Å²) in [6.07, 6.45) is -6.10. The van der Waals surface area contributed by atoms with Crippen molar-refractivity contribution in [1.29, 1.82) is 42.1 Å². The fourth-order valence-electron chi connectivity index (χ4n) is 13.4. The van der Waals surface area contributed by atoms with Crippen LogP contribution < -0.4 is 0 Å². The van der Waals surface area contributed by atoms with E-state index < -0.39 is 411 Å². The van der Waals surface area contributed by atoms with Crippen LogP contribution in [0.2, 0.25) is 0 Å². The number of alkyl halides is 3. The first-order valence-electron chi connectivity index (χ1n) is 35.4. The lowest BCUT2D eigenvalue weighted by molar-refractivity contribution is -0.143. The Bertz CT molecular complexity index is 7690. The summed E-state index contributed by atoms with van der Waals surface area (Å²) in [6, 6.07) is 7.70. The molecule has 0 spiro atoms. The van der Waals surface area contributed by atoms with Crippen molar-refractivity contribution in [3.8, 4) is 48.6 Å². The molecular weight excluding hydrogens is 1970 g/mol. The molecule has 0 radical (unpaired) electrons. The van der Waals surface area contributed by atoms with Gasteiger partial charge in [-0.1, -0.05) is 0 Å². The number of halogens is 39. The molecule has 12 rings (SSSR count). The van der Waals surface area contributed by atoms with Crippen molar-refractivity contribution < 1.29 is 171 Å².